The lowest BCUT2D eigenvalue weighted by atomic mass is 9.67. The van der Waals surface area contributed by atoms with Crippen LogP contribution in [-0.2, 0) is 0 Å². The largest absolute Gasteiger partial charge is 0.508 e. The molecule has 1 aromatic carbocycles. The molecule has 2 aliphatic carbocycles. The van der Waals surface area contributed by atoms with Crippen LogP contribution in [0.2, 0.25) is 0 Å². The van der Waals surface area contributed by atoms with Crippen molar-refractivity contribution in [1.29, 1.82) is 0 Å². The van der Waals surface area contributed by atoms with Gasteiger partial charge in [-0.05, 0) is 61.1 Å². The van der Waals surface area contributed by atoms with Gasteiger partial charge in [0.2, 0.25) is 0 Å². The van der Waals surface area contributed by atoms with Crippen LogP contribution in [-0.4, -0.2) is 11.7 Å². The Kier molecular flexibility index (Phi) is 3.53. The number of aryl methyl sites for hydroxylation is 1. The molecule has 0 spiro atoms. The maximum absolute atomic E-state index is 10.3. The van der Waals surface area contributed by atoms with Crippen molar-refractivity contribution in [3.05, 3.63) is 28.8 Å². The van der Waals surface area contributed by atoms with E-state index in [-0.39, 0.29) is 0 Å². The van der Waals surface area contributed by atoms with E-state index in [0.29, 0.717) is 23.1 Å². The zero-order valence-corrected chi connectivity index (χ0v) is 13.0. The van der Waals surface area contributed by atoms with Crippen LogP contribution in [0.4, 0.5) is 0 Å². The number of fused-ring (bicyclic) bond motifs is 1. The second-order valence-corrected chi connectivity index (χ2v) is 7.01. The lowest BCUT2D eigenvalue weighted by Gasteiger charge is -2.42. The Bertz CT molecular complexity index is 499. The number of hydrogen-bond donors (Lipinski definition) is 2. The molecular formula is C18H27NO. The third-order valence-electron chi connectivity index (χ3n) is 5.80. The summed E-state index contributed by atoms with van der Waals surface area (Å²) in [6.45, 7) is 7.86. The quantitative estimate of drug-likeness (QED) is 0.851. The van der Waals surface area contributed by atoms with E-state index in [1.807, 2.05) is 12.1 Å². The molecule has 1 fully saturated rings. The molecule has 0 aromatic heterocycles. The molecule has 110 valence electrons. The van der Waals surface area contributed by atoms with E-state index in [1.54, 1.807) is 0 Å². The highest BCUT2D eigenvalue weighted by Crippen LogP contribution is 2.48. The SMILES string of the molecule is CCC1(CNC2CC(C)c3c(C)ccc(O)c32)CCC1. The summed E-state index contributed by atoms with van der Waals surface area (Å²) in [5, 5.41) is 14.0. The van der Waals surface area contributed by atoms with E-state index in [0.717, 1.165) is 13.0 Å². The van der Waals surface area contributed by atoms with Crippen molar-refractivity contribution in [1.82, 2.24) is 5.32 Å². The second kappa shape index (κ2) is 5.07. The minimum atomic E-state index is 0.337. The molecule has 2 atom stereocenters. The topological polar surface area (TPSA) is 32.3 Å². The van der Waals surface area contributed by atoms with Gasteiger partial charge in [-0.3, -0.25) is 0 Å². The summed E-state index contributed by atoms with van der Waals surface area (Å²) in [6.07, 6.45) is 6.51. The highest BCUT2D eigenvalue weighted by molar-refractivity contribution is 5.50. The van der Waals surface area contributed by atoms with Crippen molar-refractivity contribution in [3.63, 3.8) is 0 Å². The first-order valence-corrected chi connectivity index (χ1v) is 8.12. The van der Waals surface area contributed by atoms with Gasteiger partial charge >= 0.3 is 0 Å². The summed E-state index contributed by atoms with van der Waals surface area (Å²) >= 11 is 0. The lowest BCUT2D eigenvalue weighted by Crippen LogP contribution is -2.40. The first kappa shape index (κ1) is 13.9. The fourth-order valence-electron chi connectivity index (χ4n) is 4.20. The van der Waals surface area contributed by atoms with Gasteiger partial charge in [0.25, 0.3) is 0 Å². The molecule has 0 radical (unpaired) electrons. The van der Waals surface area contributed by atoms with Crippen LogP contribution in [0, 0.1) is 12.3 Å². The molecule has 1 saturated carbocycles. The van der Waals surface area contributed by atoms with Crippen LogP contribution in [0.1, 0.15) is 74.6 Å². The Morgan fingerprint density at radius 3 is 2.65 bits per heavy atom. The van der Waals surface area contributed by atoms with Crippen molar-refractivity contribution >= 4 is 0 Å². The highest BCUT2D eigenvalue weighted by Gasteiger charge is 2.37. The number of phenols is 1. The number of benzene rings is 1. The number of nitrogens with one attached hydrogen (secondary N) is 1. The van der Waals surface area contributed by atoms with Crippen molar-refractivity contribution in [3.8, 4) is 5.75 Å². The Labute approximate surface area is 122 Å². The molecule has 2 heteroatoms. The van der Waals surface area contributed by atoms with Gasteiger partial charge in [0, 0.05) is 18.2 Å². The maximum atomic E-state index is 10.3. The van der Waals surface area contributed by atoms with E-state index >= 15 is 0 Å². The predicted octanol–water partition coefficient (Wildman–Crippen LogP) is 4.42. The number of hydrogen-bond acceptors (Lipinski definition) is 2. The van der Waals surface area contributed by atoms with Crippen LogP contribution in [0.15, 0.2) is 12.1 Å². The van der Waals surface area contributed by atoms with Crippen LogP contribution in [0.5, 0.6) is 5.75 Å². The third kappa shape index (κ3) is 2.14. The molecular weight excluding hydrogens is 246 g/mol. The minimum absolute atomic E-state index is 0.337. The molecule has 2 nitrogen and oxygen atoms in total. The molecule has 2 aliphatic rings. The summed E-state index contributed by atoms with van der Waals surface area (Å²) in [5.74, 6) is 1.03. The van der Waals surface area contributed by atoms with Crippen molar-refractivity contribution < 1.29 is 5.11 Å². The van der Waals surface area contributed by atoms with Gasteiger partial charge in [-0.2, -0.15) is 0 Å². The molecule has 2 unspecified atom stereocenters. The zero-order valence-electron chi connectivity index (χ0n) is 13.0. The molecule has 0 saturated heterocycles. The smallest absolute Gasteiger partial charge is 0.120 e. The van der Waals surface area contributed by atoms with Gasteiger partial charge in [0.1, 0.15) is 5.75 Å². The monoisotopic (exact) mass is 273 g/mol. The van der Waals surface area contributed by atoms with Crippen molar-refractivity contribution in [2.45, 2.75) is 64.8 Å². The fraction of sp³-hybridized carbons (Fsp3) is 0.667. The molecule has 1 aromatic rings. The predicted molar refractivity (Wildman–Crippen MR) is 83.2 cm³/mol. The third-order valence-corrected chi connectivity index (χ3v) is 5.80. The van der Waals surface area contributed by atoms with Gasteiger partial charge in [-0.15, -0.1) is 0 Å². The van der Waals surface area contributed by atoms with Crippen LogP contribution >= 0.6 is 0 Å². The molecule has 0 bridgehead atoms. The average Bonchev–Trinajstić information content (AvgIpc) is 2.72. The van der Waals surface area contributed by atoms with E-state index in [9.17, 15) is 5.11 Å². The van der Waals surface area contributed by atoms with Gasteiger partial charge in [-0.1, -0.05) is 26.3 Å². The second-order valence-electron chi connectivity index (χ2n) is 7.01. The highest BCUT2D eigenvalue weighted by atomic mass is 16.3. The minimum Gasteiger partial charge on any atom is -0.508 e. The Hall–Kier alpha value is -1.02. The van der Waals surface area contributed by atoms with Crippen molar-refractivity contribution in [2.75, 3.05) is 6.54 Å². The Morgan fingerprint density at radius 2 is 2.05 bits per heavy atom. The van der Waals surface area contributed by atoms with E-state index in [1.165, 1.54) is 42.4 Å². The number of rotatable bonds is 4. The van der Waals surface area contributed by atoms with Gasteiger partial charge in [0.15, 0.2) is 0 Å². The van der Waals surface area contributed by atoms with E-state index < -0.39 is 0 Å². The van der Waals surface area contributed by atoms with Crippen LogP contribution in [0.3, 0.4) is 0 Å². The molecule has 0 amide bonds. The molecule has 20 heavy (non-hydrogen) atoms. The van der Waals surface area contributed by atoms with Gasteiger partial charge in [-0.25, -0.2) is 0 Å². The van der Waals surface area contributed by atoms with E-state index in [2.05, 4.69) is 26.1 Å². The summed E-state index contributed by atoms with van der Waals surface area (Å²) in [6, 6.07) is 4.25. The van der Waals surface area contributed by atoms with Crippen LogP contribution in [0.25, 0.3) is 0 Å². The normalized spacial score (nSPS) is 27.1. The lowest BCUT2D eigenvalue weighted by molar-refractivity contribution is 0.118. The number of aromatic hydroxyl groups is 1. The summed E-state index contributed by atoms with van der Waals surface area (Å²) in [5.41, 5.74) is 4.40. The Morgan fingerprint density at radius 1 is 1.30 bits per heavy atom. The first-order valence-electron chi connectivity index (χ1n) is 8.12. The average molecular weight is 273 g/mol. The molecule has 2 N–H and O–H groups in total. The molecule has 3 rings (SSSR count). The van der Waals surface area contributed by atoms with Gasteiger partial charge < -0.3 is 10.4 Å². The molecule has 0 heterocycles. The molecule has 0 aliphatic heterocycles. The van der Waals surface area contributed by atoms with Crippen molar-refractivity contribution in [2.24, 2.45) is 5.41 Å². The zero-order chi connectivity index (χ0) is 14.3. The summed E-state index contributed by atoms with van der Waals surface area (Å²) in [4.78, 5) is 0. The van der Waals surface area contributed by atoms with Gasteiger partial charge in [0.05, 0.1) is 0 Å². The van der Waals surface area contributed by atoms with E-state index in [4.69, 9.17) is 0 Å². The standard InChI is InChI=1S/C18H27NO/c1-4-18(8-5-9-18)11-19-14-10-13(3)16-12(2)6-7-15(20)17(14)16/h6-7,13-14,19-20H,4-5,8-11H2,1-3H3. The maximum Gasteiger partial charge on any atom is 0.120 e. The fourth-order valence-corrected chi connectivity index (χ4v) is 4.20. The summed E-state index contributed by atoms with van der Waals surface area (Å²) in [7, 11) is 0. The summed E-state index contributed by atoms with van der Waals surface area (Å²) < 4.78 is 0. The first-order chi connectivity index (χ1) is 9.56. The Balaban J connectivity index is 1.79. The number of phenolic OH excluding ortho intramolecular Hbond substituents is 1. The van der Waals surface area contributed by atoms with Crippen LogP contribution < -0.4 is 5.32 Å².